The highest BCUT2D eigenvalue weighted by atomic mass is 16.6. The number of nitrogens with one attached hydrogen (secondary N) is 2. The predicted molar refractivity (Wildman–Crippen MR) is 96.8 cm³/mol. The molecule has 0 radical (unpaired) electrons. The molecular weight excluding hydrogens is 352 g/mol. The van der Waals surface area contributed by atoms with Gasteiger partial charge in [-0.1, -0.05) is 0 Å². The SMILES string of the molecule is Cc1cc([C@@H](O)CCNC(=O)C(=O)Nc2ccc3c(c2)OCCO3)c(C)o1. The van der Waals surface area contributed by atoms with E-state index in [1.807, 2.05) is 0 Å². The van der Waals surface area contributed by atoms with E-state index >= 15 is 0 Å². The number of aryl methyl sites for hydroxylation is 2. The molecule has 0 unspecified atom stereocenters. The summed E-state index contributed by atoms with van der Waals surface area (Å²) in [6.07, 6.45) is -0.508. The summed E-state index contributed by atoms with van der Waals surface area (Å²) >= 11 is 0. The van der Waals surface area contributed by atoms with Crippen LogP contribution in [0.15, 0.2) is 28.7 Å². The molecule has 2 aromatic rings. The average molecular weight is 374 g/mol. The standard InChI is InChI=1S/C19H22N2O6/c1-11-9-14(12(2)27-11)15(22)5-6-20-18(23)19(24)21-13-3-4-16-17(10-13)26-8-7-25-16/h3-4,9-10,15,22H,5-8H2,1-2H3,(H,20,23)(H,21,24)/t15-/m0/s1. The van der Waals surface area contributed by atoms with Crippen molar-refractivity contribution in [3.63, 3.8) is 0 Å². The quantitative estimate of drug-likeness (QED) is 0.689. The van der Waals surface area contributed by atoms with Gasteiger partial charge in [0.05, 0.1) is 6.10 Å². The van der Waals surface area contributed by atoms with E-state index in [9.17, 15) is 14.7 Å². The number of furan rings is 1. The van der Waals surface area contributed by atoms with Gasteiger partial charge >= 0.3 is 11.8 Å². The lowest BCUT2D eigenvalue weighted by atomic mass is 10.1. The van der Waals surface area contributed by atoms with E-state index in [0.29, 0.717) is 47.5 Å². The second-order valence-corrected chi connectivity index (χ2v) is 6.24. The second kappa shape index (κ2) is 8.13. The number of anilines is 1. The van der Waals surface area contributed by atoms with E-state index in [2.05, 4.69) is 10.6 Å². The fourth-order valence-corrected chi connectivity index (χ4v) is 2.85. The summed E-state index contributed by atoms with van der Waals surface area (Å²) in [5.74, 6) is 0.900. The number of aliphatic hydroxyl groups excluding tert-OH is 1. The molecule has 0 fully saturated rings. The average Bonchev–Trinajstić information content (AvgIpc) is 2.99. The van der Waals surface area contributed by atoms with Gasteiger partial charge in [0.15, 0.2) is 11.5 Å². The lowest BCUT2D eigenvalue weighted by Gasteiger charge is -2.19. The number of benzene rings is 1. The monoisotopic (exact) mass is 374 g/mol. The van der Waals surface area contributed by atoms with Crippen molar-refractivity contribution >= 4 is 17.5 Å². The third kappa shape index (κ3) is 4.59. The zero-order valence-electron chi connectivity index (χ0n) is 15.2. The van der Waals surface area contributed by atoms with Crippen LogP contribution < -0.4 is 20.1 Å². The predicted octanol–water partition coefficient (Wildman–Crippen LogP) is 1.85. The summed E-state index contributed by atoms with van der Waals surface area (Å²) < 4.78 is 16.2. The minimum Gasteiger partial charge on any atom is -0.486 e. The normalized spacial score (nSPS) is 13.7. The first-order chi connectivity index (χ1) is 12.9. The minimum absolute atomic E-state index is 0.151. The Hall–Kier alpha value is -3.00. The van der Waals surface area contributed by atoms with Crippen LogP contribution >= 0.6 is 0 Å². The van der Waals surface area contributed by atoms with Crippen molar-refractivity contribution in [1.29, 1.82) is 0 Å². The summed E-state index contributed by atoms with van der Waals surface area (Å²) in [4.78, 5) is 24.0. The van der Waals surface area contributed by atoms with E-state index in [1.54, 1.807) is 38.1 Å². The first-order valence-corrected chi connectivity index (χ1v) is 8.68. The molecule has 1 aliphatic rings. The number of amides is 2. The molecule has 1 aromatic carbocycles. The number of carbonyl (C=O) groups excluding carboxylic acids is 2. The first kappa shape index (κ1) is 18.8. The highest BCUT2D eigenvalue weighted by Gasteiger charge is 2.18. The molecule has 1 aromatic heterocycles. The Kier molecular flexibility index (Phi) is 5.66. The Labute approximate surface area is 156 Å². The molecule has 0 saturated heterocycles. The largest absolute Gasteiger partial charge is 0.486 e. The Bertz CT molecular complexity index is 845. The molecule has 1 atom stereocenters. The van der Waals surface area contributed by atoms with Crippen molar-refractivity contribution < 1.29 is 28.6 Å². The summed E-state index contributed by atoms with van der Waals surface area (Å²) in [5.41, 5.74) is 1.12. The molecule has 2 amide bonds. The van der Waals surface area contributed by atoms with Gasteiger partial charge in [0.1, 0.15) is 24.7 Å². The number of hydrogen-bond donors (Lipinski definition) is 3. The molecule has 1 aliphatic heterocycles. The van der Waals surface area contributed by atoms with Gasteiger partial charge in [0, 0.05) is 23.9 Å². The Morgan fingerprint density at radius 2 is 1.85 bits per heavy atom. The molecule has 8 nitrogen and oxygen atoms in total. The number of hydrogen-bond acceptors (Lipinski definition) is 6. The topological polar surface area (TPSA) is 110 Å². The smallest absolute Gasteiger partial charge is 0.313 e. The maximum absolute atomic E-state index is 12.0. The van der Waals surface area contributed by atoms with Crippen LogP contribution in [0.3, 0.4) is 0 Å². The van der Waals surface area contributed by atoms with Crippen LogP contribution in [0.4, 0.5) is 5.69 Å². The molecule has 144 valence electrons. The van der Waals surface area contributed by atoms with Gasteiger partial charge in [-0.25, -0.2) is 0 Å². The Morgan fingerprint density at radius 1 is 1.11 bits per heavy atom. The zero-order chi connectivity index (χ0) is 19.4. The van der Waals surface area contributed by atoms with Crippen molar-refractivity contribution in [3.8, 4) is 11.5 Å². The van der Waals surface area contributed by atoms with Crippen molar-refractivity contribution in [3.05, 3.63) is 41.3 Å². The summed E-state index contributed by atoms with van der Waals surface area (Å²) in [6.45, 7) is 4.63. The van der Waals surface area contributed by atoms with Gasteiger partial charge in [-0.2, -0.15) is 0 Å². The maximum Gasteiger partial charge on any atom is 0.313 e. The maximum atomic E-state index is 12.0. The zero-order valence-corrected chi connectivity index (χ0v) is 15.2. The van der Waals surface area contributed by atoms with Crippen molar-refractivity contribution in [2.45, 2.75) is 26.4 Å². The molecule has 3 rings (SSSR count). The van der Waals surface area contributed by atoms with Crippen molar-refractivity contribution in [2.24, 2.45) is 0 Å². The van der Waals surface area contributed by atoms with Crippen LogP contribution in [0.5, 0.6) is 11.5 Å². The van der Waals surface area contributed by atoms with Crippen LogP contribution in [-0.2, 0) is 9.59 Å². The number of aliphatic hydroxyl groups is 1. The van der Waals surface area contributed by atoms with Crippen molar-refractivity contribution in [1.82, 2.24) is 5.32 Å². The number of rotatable bonds is 5. The summed E-state index contributed by atoms with van der Waals surface area (Å²) in [5, 5.41) is 15.2. The second-order valence-electron chi connectivity index (χ2n) is 6.24. The molecule has 2 heterocycles. The van der Waals surface area contributed by atoms with E-state index in [0.717, 1.165) is 0 Å². The minimum atomic E-state index is -0.795. The van der Waals surface area contributed by atoms with E-state index in [-0.39, 0.29) is 13.0 Å². The highest BCUT2D eigenvalue weighted by molar-refractivity contribution is 6.39. The fraction of sp³-hybridized carbons (Fsp3) is 0.368. The van der Waals surface area contributed by atoms with Crippen LogP contribution in [0.2, 0.25) is 0 Å². The molecule has 27 heavy (non-hydrogen) atoms. The Morgan fingerprint density at radius 3 is 2.56 bits per heavy atom. The van der Waals surface area contributed by atoms with E-state index in [4.69, 9.17) is 13.9 Å². The van der Waals surface area contributed by atoms with Gasteiger partial charge in [-0.15, -0.1) is 0 Å². The fourth-order valence-electron chi connectivity index (χ4n) is 2.85. The Balaban J connectivity index is 1.48. The van der Waals surface area contributed by atoms with Crippen LogP contribution in [0, 0.1) is 13.8 Å². The van der Waals surface area contributed by atoms with Gasteiger partial charge in [0.2, 0.25) is 0 Å². The molecule has 0 spiro atoms. The molecule has 0 bridgehead atoms. The van der Waals surface area contributed by atoms with Crippen LogP contribution in [-0.4, -0.2) is 36.7 Å². The lowest BCUT2D eigenvalue weighted by molar-refractivity contribution is -0.136. The number of ether oxygens (including phenoxy) is 2. The lowest BCUT2D eigenvalue weighted by Crippen LogP contribution is -2.36. The highest BCUT2D eigenvalue weighted by Crippen LogP contribution is 2.32. The summed E-state index contributed by atoms with van der Waals surface area (Å²) in [6, 6.07) is 6.67. The third-order valence-corrected chi connectivity index (χ3v) is 4.15. The van der Waals surface area contributed by atoms with Crippen molar-refractivity contribution in [2.75, 3.05) is 25.1 Å². The van der Waals surface area contributed by atoms with E-state index in [1.165, 1.54) is 0 Å². The molecule has 3 N–H and O–H groups in total. The third-order valence-electron chi connectivity index (χ3n) is 4.15. The summed E-state index contributed by atoms with van der Waals surface area (Å²) in [7, 11) is 0. The molecule has 0 saturated carbocycles. The van der Waals surface area contributed by atoms with Gasteiger partial charge in [-0.05, 0) is 38.5 Å². The number of fused-ring (bicyclic) bond motifs is 1. The van der Waals surface area contributed by atoms with Crippen LogP contribution in [0.1, 0.15) is 29.6 Å². The van der Waals surface area contributed by atoms with E-state index < -0.39 is 17.9 Å². The van der Waals surface area contributed by atoms with Gasteiger partial charge in [0.25, 0.3) is 0 Å². The number of carbonyl (C=O) groups is 2. The van der Waals surface area contributed by atoms with Crippen LogP contribution in [0.25, 0.3) is 0 Å². The molecular formula is C19H22N2O6. The first-order valence-electron chi connectivity index (χ1n) is 8.68. The molecule has 0 aliphatic carbocycles. The van der Waals surface area contributed by atoms with Gasteiger partial charge in [-0.3, -0.25) is 9.59 Å². The van der Waals surface area contributed by atoms with Gasteiger partial charge < -0.3 is 29.6 Å². The molecule has 8 heteroatoms.